The highest BCUT2D eigenvalue weighted by atomic mass is 19.4. The van der Waals surface area contributed by atoms with Crippen molar-refractivity contribution in [2.24, 2.45) is 0 Å². The number of nitrogens with zero attached hydrogens (tertiary/aromatic N) is 1. The summed E-state index contributed by atoms with van der Waals surface area (Å²) in [5.74, 6) is 0.208. The van der Waals surface area contributed by atoms with Gasteiger partial charge in [-0.05, 0) is 74.6 Å². The van der Waals surface area contributed by atoms with Crippen LogP contribution < -0.4 is 14.8 Å². The molecule has 0 spiro atoms. The molecule has 13 heteroatoms. The van der Waals surface area contributed by atoms with Crippen molar-refractivity contribution in [2.45, 2.75) is 69.6 Å². The molecular formula is C33H34F6N2O5. The Labute approximate surface area is 262 Å². The zero-order valence-corrected chi connectivity index (χ0v) is 25.3. The van der Waals surface area contributed by atoms with Gasteiger partial charge in [-0.25, -0.2) is 4.79 Å². The predicted octanol–water partition coefficient (Wildman–Crippen LogP) is 7.00. The van der Waals surface area contributed by atoms with E-state index in [0.717, 1.165) is 11.0 Å². The lowest BCUT2D eigenvalue weighted by molar-refractivity contribution is -0.376. The fourth-order valence-electron chi connectivity index (χ4n) is 5.18. The summed E-state index contributed by atoms with van der Waals surface area (Å²) in [6.07, 6.45) is -11.5. The van der Waals surface area contributed by atoms with Gasteiger partial charge >= 0.3 is 18.4 Å². The second-order valence-corrected chi connectivity index (χ2v) is 11.4. The number of carbonyl (C=O) groups excluding carboxylic acids is 2. The second-order valence-electron chi connectivity index (χ2n) is 11.4. The Balaban J connectivity index is 1.43. The van der Waals surface area contributed by atoms with Crippen molar-refractivity contribution in [1.29, 1.82) is 0 Å². The number of urea groups is 1. The zero-order chi connectivity index (χ0) is 33.9. The van der Waals surface area contributed by atoms with Crippen LogP contribution in [0.25, 0.3) is 0 Å². The maximum atomic E-state index is 13.6. The van der Waals surface area contributed by atoms with Crippen LogP contribution in [0.4, 0.5) is 31.1 Å². The van der Waals surface area contributed by atoms with Crippen LogP contribution in [-0.2, 0) is 22.4 Å². The fourth-order valence-corrected chi connectivity index (χ4v) is 5.18. The molecule has 7 nitrogen and oxygen atoms in total. The van der Waals surface area contributed by atoms with Crippen molar-refractivity contribution >= 4 is 11.9 Å². The molecular weight excluding hydrogens is 618 g/mol. The van der Waals surface area contributed by atoms with E-state index in [4.69, 9.17) is 9.47 Å². The fraction of sp³-hybridized carbons (Fsp3) is 0.394. The lowest BCUT2D eigenvalue weighted by Gasteiger charge is -2.33. The highest BCUT2D eigenvalue weighted by Gasteiger charge is 2.71. The molecule has 4 rings (SSSR count). The van der Waals surface area contributed by atoms with E-state index in [-0.39, 0.29) is 37.0 Å². The molecule has 2 N–H and O–H groups in total. The normalized spacial score (nSPS) is 17.4. The van der Waals surface area contributed by atoms with Crippen molar-refractivity contribution in [2.75, 3.05) is 13.2 Å². The Kier molecular flexibility index (Phi) is 9.95. The summed E-state index contributed by atoms with van der Waals surface area (Å²) in [6, 6.07) is 16.8. The lowest BCUT2D eigenvalue weighted by atomic mass is 9.89. The minimum atomic E-state index is -6.03. The molecule has 3 aromatic carbocycles. The molecule has 1 unspecified atom stereocenters. The van der Waals surface area contributed by atoms with Crippen LogP contribution in [0.5, 0.6) is 11.5 Å². The number of amides is 3. The van der Waals surface area contributed by atoms with Gasteiger partial charge in [0, 0.05) is 18.5 Å². The first-order valence-corrected chi connectivity index (χ1v) is 14.5. The van der Waals surface area contributed by atoms with E-state index in [1.165, 1.54) is 0 Å². The van der Waals surface area contributed by atoms with Crippen LogP contribution in [0.1, 0.15) is 55.9 Å². The van der Waals surface area contributed by atoms with Crippen LogP contribution in [0.2, 0.25) is 0 Å². The molecule has 1 fully saturated rings. The van der Waals surface area contributed by atoms with Gasteiger partial charge in [0.15, 0.2) is 0 Å². The topological polar surface area (TPSA) is 88.1 Å². The van der Waals surface area contributed by atoms with Crippen molar-refractivity contribution < 1.29 is 50.5 Å². The third-order valence-corrected chi connectivity index (χ3v) is 7.65. The molecule has 0 saturated carbocycles. The first-order chi connectivity index (χ1) is 21.5. The number of unbranched alkanes of at least 4 members (excludes halogenated alkanes) is 1. The van der Waals surface area contributed by atoms with Crippen molar-refractivity contribution in [3.63, 3.8) is 0 Å². The average molecular weight is 653 g/mol. The zero-order valence-electron chi connectivity index (χ0n) is 25.3. The van der Waals surface area contributed by atoms with Crippen LogP contribution >= 0.6 is 0 Å². The Bertz CT molecular complexity index is 1510. The summed E-state index contributed by atoms with van der Waals surface area (Å²) < 4.78 is 92.7. The molecule has 3 amide bonds. The molecule has 1 aliphatic heterocycles. The molecule has 248 valence electrons. The monoisotopic (exact) mass is 652 g/mol. The van der Waals surface area contributed by atoms with E-state index < -0.39 is 41.0 Å². The molecule has 1 saturated heterocycles. The summed E-state index contributed by atoms with van der Waals surface area (Å²) in [4.78, 5) is 27.0. The number of benzene rings is 3. The van der Waals surface area contributed by atoms with Crippen molar-refractivity contribution in [1.82, 2.24) is 10.2 Å². The minimum Gasteiger partial charge on any atom is -0.493 e. The Morgan fingerprint density at radius 1 is 0.891 bits per heavy atom. The van der Waals surface area contributed by atoms with E-state index in [1.54, 1.807) is 61.5 Å². The van der Waals surface area contributed by atoms with E-state index in [1.807, 2.05) is 13.8 Å². The molecule has 0 radical (unpaired) electrons. The maximum Gasteiger partial charge on any atom is 0.430 e. The van der Waals surface area contributed by atoms with Gasteiger partial charge in [-0.15, -0.1) is 0 Å². The molecule has 3 aromatic rings. The van der Waals surface area contributed by atoms with E-state index >= 15 is 0 Å². The van der Waals surface area contributed by atoms with Gasteiger partial charge in [0.2, 0.25) is 0 Å². The number of rotatable bonds is 12. The minimum absolute atomic E-state index is 0.00491. The lowest BCUT2D eigenvalue weighted by Crippen LogP contribution is -2.53. The summed E-state index contributed by atoms with van der Waals surface area (Å²) in [7, 11) is 0. The van der Waals surface area contributed by atoms with Gasteiger partial charge in [-0.2, -0.15) is 26.3 Å². The predicted molar refractivity (Wildman–Crippen MR) is 156 cm³/mol. The standard InChI is InChI=1S/C33H34F6N2O5/c1-21(2)46-26-14-11-24(12-15-26)30(3)28(42)41(29(43)40-30)17-7-8-18-45-27-16-13-25(31(44,32(34,35)36)33(37,38)39)20-23(27)19-22-9-5-4-6-10-22/h4-6,9-16,20-21,44H,7-8,17-19H2,1-3H3,(H,40,43). The number of carbonyl (C=O) groups is 2. The van der Waals surface area contributed by atoms with Crippen LogP contribution in [0.3, 0.4) is 0 Å². The number of nitrogens with one attached hydrogen (secondary N) is 1. The highest BCUT2D eigenvalue weighted by Crippen LogP contribution is 2.50. The number of halogens is 6. The Hall–Kier alpha value is -4.26. The van der Waals surface area contributed by atoms with Gasteiger partial charge in [-0.1, -0.05) is 48.5 Å². The largest absolute Gasteiger partial charge is 0.493 e. The number of hydrogen-bond acceptors (Lipinski definition) is 5. The average Bonchev–Trinajstić information content (AvgIpc) is 3.20. The van der Waals surface area contributed by atoms with Crippen molar-refractivity contribution in [3.05, 3.63) is 95.1 Å². The SMILES string of the molecule is CC(C)Oc1ccc(C2(C)NC(=O)N(CCCCOc3ccc(C(O)(C(F)(F)F)C(F)(F)F)cc3Cc3ccccc3)C2=O)cc1. The first-order valence-electron chi connectivity index (χ1n) is 14.5. The van der Waals surface area contributed by atoms with Gasteiger partial charge in [-0.3, -0.25) is 9.69 Å². The number of ether oxygens (including phenoxy) is 2. The van der Waals surface area contributed by atoms with Gasteiger partial charge < -0.3 is 19.9 Å². The third kappa shape index (κ3) is 7.09. The number of hydrogen-bond donors (Lipinski definition) is 2. The van der Waals surface area contributed by atoms with E-state index in [0.29, 0.717) is 41.9 Å². The molecule has 1 atom stereocenters. The quantitative estimate of drug-likeness (QED) is 0.125. The Morgan fingerprint density at radius 3 is 2.11 bits per heavy atom. The summed E-state index contributed by atoms with van der Waals surface area (Å²) >= 11 is 0. The van der Waals surface area contributed by atoms with E-state index in [9.17, 15) is 41.0 Å². The summed E-state index contributed by atoms with van der Waals surface area (Å²) in [5.41, 5.74) is -6.57. The molecule has 0 aliphatic carbocycles. The van der Waals surface area contributed by atoms with Crippen LogP contribution in [0, 0.1) is 0 Å². The molecule has 1 heterocycles. The highest BCUT2D eigenvalue weighted by molar-refractivity contribution is 6.07. The number of alkyl halides is 6. The first kappa shape index (κ1) is 34.6. The van der Waals surface area contributed by atoms with Gasteiger partial charge in [0.05, 0.1) is 12.7 Å². The summed E-state index contributed by atoms with van der Waals surface area (Å²) in [5, 5.41) is 12.6. The van der Waals surface area contributed by atoms with E-state index in [2.05, 4.69) is 5.32 Å². The van der Waals surface area contributed by atoms with Gasteiger partial charge in [0.1, 0.15) is 17.0 Å². The molecule has 0 aromatic heterocycles. The maximum absolute atomic E-state index is 13.6. The van der Waals surface area contributed by atoms with Crippen LogP contribution in [0.15, 0.2) is 72.8 Å². The third-order valence-electron chi connectivity index (χ3n) is 7.65. The molecule has 0 bridgehead atoms. The molecule has 1 aliphatic rings. The van der Waals surface area contributed by atoms with Crippen molar-refractivity contribution in [3.8, 4) is 11.5 Å². The Morgan fingerprint density at radius 2 is 1.52 bits per heavy atom. The van der Waals surface area contributed by atoms with Crippen LogP contribution in [-0.4, -0.2) is 53.6 Å². The molecule has 46 heavy (non-hydrogen) atoms. The summed E-state index contributed by atoms with van der Waals surface area (Å²) in [6.45, 7) is 5.41. The van der Waals surface area contributed by atoms with Gasteiger partial charge in [0.25, 0.3) is 11.5 Å². The number of aliphatic hydroxyl groups is 1. The number of imide groups is 1. The second kappa shape index (κ2) is 13.2. The smallest absolute Gasteiger partial charge is 0.430 e.